The second-order valence-electron chi connectivity index (χ2n) is 5.69. The first-order valence-electron chi connectivity index (χ1n) is 8.06. The van der Waals surface area contributed by atoms with Gasteiger partial charge < -0.3 is 10.1 Å². The highest BCUT2D eigenvalue weighted by molar-refractivity contribution is 5.94. The van der Waals surface area contributed by atoms with Gasteiger partial charge in [0.2, 0.25) is 0 Å². The third-order valence-electron chi connectivity index (χ3n) is 3.72. The zero-order valence-corrected chi connectivity index (χ0v) is 14.1. The Labute approximate surface area is 154 Å². The number of benzene rings is 3. The number of hydrogen-bond donors (Lipinski definition) is 1. The molecule has 0 saturated carbocycles. The number of non-ortho nitro benzene ring substituents is 1. The van der Waals surface area contributed by atoms with Crippen LogP contribution < -0.4 is 10.1 Å². The summed E-state index contributed by atoms with van der Waals surface area (Å²) < 4.78 is 18.6. The Balaban J connectivity index is 1.64. The quantitative estimate of drug-likeness (QED) is 0.516. The molecular formula is C20H15FN2O4. The van der Waals surface area contributed by atoms with E-state index in [2.05, 4.69) is 5.32 Å². The first-order chi connectivity index (χ1) is 13.0. The Morgan fingerprint density at radius 2 is 1.74 bits per heavy atom. The van der Waals surface area contributed by atoms with Gasteiger partial charge in [0, 0.05) is 24.2 Å². The average molecular weight is 366 g/mol. The summed E-state index contributed by atoms with van der Waals surface area (Å²) in [6, 6.07) is 18.2. The number of halogens is 1. The largest absolute Gasteiger partial charge is 0.457 e. The molecule has 1 N–H and O–H groups in total. The lowest BCUT2D eigenvalue weighted by atomic mass is 10.1. The van der Waals surface area contributed by atoms with Crippen molar-refractivity contribution in [3.05, 3.63) is 99.9 Å². The van der Waals surface area contributed by atoms with Gasteiger partial charge in [-0.3, -0.25) is 14.9 Å². The third-order valence-corrected chi connectivity index (χ3v) is 3.72. The Bertz CT molecular complexity index is 974. The number of nitrogens with one attached hydrogen (secondary N) is 1. The monoisotopic (exact) mass is 366 g/mol. The van der Waals surface area contributed by atoms with E-state index in [4.69, 9.17) is 4.74 Å². The van der Waals surface area contributed by atoms with E-state index in [0.717, 1.165) is 5.56 Å². The highest BCUT2D eigenvalue weighted by Crippen LogP contribution is 2.22. The van der Waals surface area contributed by atoms with Crippen molar-refractivity contribution in [2.45, 2.75) is 6.54 Å². The number of nitrogens with zero attached hydrogens (tertiary/aromatic N) is 1. The molecule has 27 heavy (non-hydrogen) atoms. The summed E-state index contributed by atoms with van der Waals surface area (Å²) in [6.07, 6.45) is 0. The summed E-state index contributed by atoms with van der Waals surface area (Å²) >= 11 is 0. The second kappa shape index (κ2) is 8.09. The van der Waals surface area contributed by atoms with Gasteiger partial charge in [-0.25, -0.2) is 4.39 Å². The number of carbonyl (C=O) groups is 1. The zero-order chi connectivity index (χ0) is 19.2. The molecule has 0 spiro atoms. The highest BCUT2D eigenvalue weighted by Gasteiger charge is 2.11. The Hall–Kier alpha value is -3.74. The van der Waals surface area contributed by atoms with Gasteiger partial charge in [0.15, 0.2) is 0 Å². The molecule has 0 aliphatic carbocycles. The normalized spacial score (nSPS) is 10.3. The molecule has 7 heteroatoms. The van der Waals surface area contributed by atoms with Crippen LogP contribution in [0.3, 0.4) is 0 Å². The maximum Gasteiger partial charge on any atom is 0.270 e. The molecule has 0 fully saturated rings. The Morgan fingerprint density at radius 1 is 1.00 bits per heavy atom. The van der Waals surface area contributed by atoms with E-state index in [1.165, 1.54) is 48.5 Å². The highest BCUT2D eigenvalue weighted by atomic mass is 19.1. The van der Waals surface area contributed by atoms with E-state index in [-0.39, 0.29) is 23.6 Å². The van der Waals surface area contributed by atoms with Gasteiger partial charge in [0.05, 0.1) is 4.92 Å². The number of amides is 1. The predicted octanol–water partition coefficient (Wildman–Crippen LogP) is 4.46. The Kier molecular flexibility index (Phi) is 5.41. The van der Waals surface area contributed by atoms with Crippen LogP contribution in [0.1, 0.15) is 15.9 Å². The van der Waals surface area contributed by atoms with Gasteiger partial charge in [-0.2, -0.15) is 0 Å². The topological polar surface area (TPSA) is 81.5 Å². The van der Waals surface area contributed by atoms with Gasteiger partial charge in [-0.05, 0) is 48.0 Å². The molecule has 0 saturated heterocycles. The summed E-state index contributed by atoms with van der Waals surface area (Å²) in [5, 5.41) is 13.5. The molecule has 1 amide bonds. The minimum absolute atomic E-state index is 0.141. The molecule has 3 aromatic carbocycles. The van der Waals surface area contributed by atoms with Crippen LogP contribution in [0.4, 0.5) is 10.1 Å². The van der Waals surface area contributed by atoms with Crippen LogP contribution in [-0.2, 0) is 6.54 Å². The molecule has 3 rings (SSSR count). The van der Waals surface area contributed by atoms with Crippen LogP contribution in [0.5, 0.6) is 11.5 Å². The van der Waals surface area contributed by atoms with Crippen LogP contribution in [0, 0.1) is 15.9 Å². The molecule has 0 radical (unpaired) electrons. The molecule has 3 aromatic rings. The van der Waals surface area contributed by atoms with Crippen molar-refractivity contribution in [2.75, 3.05) is 0 Å². The lowest BCUT2D eigenvalue weighted by molar-refractivity contribution is -0.384. The van der Waals surface area contributed by atoms with E-state index < -0.39 is 10.8 Å². The maximum atomic E-state index is 12.9. The second-order valence-corrected chi connectivity index (χ2v) is 5.69. The number of ether oxygens (including phenoxy) is 1. The number of nitro groups is 1. The van der Waals surface area contributed by atoms with Gasteiger partial charge in [-0.15, -0.1) is 0 Å². The first kappa shape index (κ1) is 18.1. The van der Waals surface area contributed by atoms with Crippen molar-refractivity contribution in [1.29, 1.82) is 0 Å². The van der Waals surface area contributed by atoms with E-state index in [1.807, 2.05) is 6.07 Å². The van der Waals surface area contributed by atoms with Crippen LogP contribution in [0.2, 0.25) is 0 Å². The first-order valence-corrected chi connectivity index (χ1v) is 8.06. The maximum absolute atomic E-state index is 12.9. The lowest BCUT2D eigenvalue weighted by Crippen LogP contribution is -2.22. The Morgan fingerprint density at radius 3 is 2.48 bits per heavy atom. The minimum atomic E-state index is -0.549. The van der Waals surface area contributed by atoms with E-state index in [9.17, 15) is 19.3 Å². The fourth-order valence-corrected chi connectivity index (χ4v) is 2.40. The number of hydrogen-bond acceptors (Lipinski definition) is 4. The summed E-state index contributed by atoms with van der Waals surface area (Å²) in [5.74, 6) is 0.279. The third kappa shape index (κ3) is 4.88. The molecule has 136 valence electrons. The number of rotatable bonds is 6. The lowest BCUT2D eigenvalue weighted by Gasteiger charge is -2.09. The number of nitro benzene ring substituents is 1. The van der Waals surface area contributed by atoms with Crippen molar-refractivity contribution < 1.29 is 18.8 Å². The standard InChI is InChI=1S/C20H15FN2O4/c21-16-7-9-18(10-8-16)27-19-6-1-3-14(11-19)13-22-20(24)15-4-2-5-17(12-15)23(25)26/h1-12H,13H2,(H,22,24). The van der Waals surface area contributed by atoms with Gasteiger partial charge in [0.25, 0.3) is 11.6 Å². The van der Waals surface area contributed by atoms with Crippen molar-refractivity contribution in [1.82, 2.24) is 5.32 Å². The SMILES string of the molecule is O=C(NCc1cccc(Oc2ccc(F)cc2)c1)c1cccc([N+](=O)[O-])c1. The van der Waals surface area contributed by atoms with Gasteiger partial charge in [-0.1, -0.05) is 18.2 Å². The molecule has 0 aliphatic heterocycles. The summed E-state index contributed by atoms with van der Waals surface area (Å²) in [5.41, 5.74) is 0.855. The predicted molar refractivity (Wildman–Crippen MR) is 97.2 cm³/mol. The molecule has 0 unspecified atom stereocenters. The smallest absolute Gasteiger partial charge is 0.270 e. The van der Waals surface area contributed by atoms with Crippen LogP contribution in [0.15, 0.2) is 72.8 Å². The van der Waals surface area contributed by atoms with Crippen LogP contribution in [-0.4, -0.2) is 10.8 Å². The van der Waals surface area contributed by atoms with Gasteiger partial charge in [0.1, 0.15) is 17.3 Å². The van der Waals surface area contributed by atoms with Gasteiger partial charge >= 0.3 is 0 Å². The zero-order valence-electron chi connectivity index (χ0n) is 14.1. The summed E-state index contributed by atoms with van der Waals surface area (Å²) in [7, 11) is 0. The summed E-state index contributed by atoms with van der Waals surface area (Å²) in [4.78, 5) is 22.5. The fourth-order valence-electron chi connectivity index (χ4n) is 2.40. The molecule has 6 nitrogen and oxygen atoms in total. The van der Waals surface area contributed by atoms with E-state index in [0.29, 0.717) is 11.5 Å². The van der Waals surface area contributed by atoms with Crippen molar-refractivity contribution in [2.24, 2.45) is 0 Å². The average Bonchev–Trinajstić information content (AvgIpc) is 2.68. The summed E-state index contributed by atoms with van der Waals surface area (Å²) in [6.45, 7) is 0.224. The molecule has 0 bridgehead atoms. The van der Waals surface area contributed by atoms with Crippen molar-refractivity contribution in [3.8, 4) is 11.5 Å². The van der Waals surface area contributed by atoms with E-state index >= 15 is 0 Å². The van der Waals surface area contributed by atoms with Crippen LogP contribution >= 0.6 is 0 Å². The van der Waals surface area contributed by atoms with E-state index in [1.54, 1.807) is 18.2 Å². The molecular weight excluding hydrogens is 351 g/mol. The molecule has 0 atom stereocenters. The molecule has 0 aromatic heterocycles. The van der Waals surface area contributed by atoms with Crippen molar-refractivity contribution in [3.63, 3.8) is 0 Å². The van der Waals surface area contributed by atoms with Crippen LogP contribution in [0.25, 0.3) is 0 Å². The number of carbonyl (C=O) groups excluding carboxylic acids is 1. The molecule has 0 heterocycles. The van der Waals surface area contributed by atoms with Crippen molar-refractivity contribution >= 4 is 11.6 Å². The minimum Gasteiger partial charge on any atom is -0.457 e. The fraction of sp³-hybridized carbons (Fsp3) is 0.0500. The molecule has 0 aliphatic rings.